The summed E-state index contributed by atoms with van der Waals surface area (Å²) in [4.78, 5) is 4.92. The van der Waals surface area contributed by atoms with Gasteiger partial charge in [-0.2, -0.15) is 11.2 Å². The molecule has 3 aromatic heterocycles. The third-order valence-corrected chi connectivity index (χ3v) is 10.7. The van der Waals surface area contributed by atoms with Crippen molar-refractivity contribution in [1.82, 2.24) is 19.3 Å². The van der Waals surface area contributed by atoms with Crippen LogP contribution in [0.5, 0.6) is 11.5 Å². The summed E-state index contributed by atoms with van der Waals surface area (Å²) in [6.45, 7) is 24.6. The maximum absolute atomic E-state index is 6.74. The Labute approximate surface area is 348 Å². The molecule has 0 radical (unpaired) electrons. The molecule has 292 valence electrons. The SMILES string of the molecule is Cc1nn(-c2[c-]c(Oc3[c-]c4c(cc3)c3cc(CCCCC(C)(C)C)ccc3n4-c3cc(C(C)(C)C)ccn3)cc(C(C)(C)C)c2)c(C)c1-c1ccccc1.[Pt+2]. The molecule has 4 aromatic carbocycles. The summed E-state index contributed by atoms with van der Waals surface area (Å²) in [6.07, 6.45) is 6.62. The van der Waals surface area contributed by atoms with E-state index in [1.54, 1.807) is 0 Å². The molecule has 0 fully saturated rings. The van der Waals surface area contributed by atoms with E-state index in [1.165, 1.54) is 35.8 Å². The molecule has 3 heterocycles. The maximum Gasteiger partial charge on any atom is 2.00 e. The van der Waals surface area contributed by atoms with Crippen LogP contribution >= 0.6 is 0 Å². The van der Waals surface area contributed by atoms with E-state index in [1.807, 2.05) is 23.0 Å². The third kappa shape index (κ3) is 8.74. The van der Waals surface area contributed by atoms with Crippen molar-refractivity contribution in [2.75, 3.05) is 0 Å². The van der Waals surface area contributed by atoms with Crippen molar-refractivity contribution >= 4 is 21.8 Å². The van der Waals surface area contributed by atoms with E-state index in [4.69, 9.17) is 14.8 Å². The summed E-state index contributed by atoms with van der Waals surface area (Å²) >= 11 is 0. The molecule has 0 saturated carbocycles. The second-order valence-corrected chi connectivity index (χ2v) is 18.5. The molecule has 7 aromatic rings. The van der Waals surface area contributed by atoms with Crippen molar-refractivity contribution < 1.29 is 25.8 Å². The van der Waals surface area contributed by atoms with Gasteiger partial charge in [-0.05, 0) is 95.3 Å². The molecule has 0 atom stereocenters. The Morgan fingerprint density at radius 2 is 1.43 bits per heavy atom. The zero-order valence-electron chi connectivity index (χ0n) is 35.0. The quantitative estimate of drug-likeness (QED) is 0.107. The molecule has 0 spiro atoms. The zero-order chi connectivity index (χ0) is 39.3. The second kappa shape index (κ2) is 15.8. The number of nitrogens with zero attached hydrogens (tertiary/aromatic N) is 4. The minimum Gasteiger partial charge on any atom is -0.509 e. The van der Waals surface area contributed by atoms with Crippen LogP contribution in [0.25, 0.3) is 44.4 Å². The van der Waals surface area contributed by atoms with E-state index >= 15 is 0 Å². The molecule has 5 nitrogen and oxygen atoms in total. The number of benzene rings is 4. The van der Waals surface area contributed by atoms with E-state index in [2.05, 4.69) is 166 Å². The maximum atomic E-state index is 6.74. The molecule has 0 bridgehead atoms. The fraction of sp³-hybridized carbons (Fsp3) is 0.360. The summed E-state index contributed by atoms with van der Waals surface area (Å²) in [5.74, 6) is 2.12. The number of unbranched alkanes of at least 4 members (excludes halogenated alkanes) is 1. The van der Waals surface area contributed by atoms with Gasteiger partial charge in [-0.3, -0.25) is 4.68 Å². The molecule has 0 aliphatic heterocycles. The summed E-state index contributed by atoms with van der Waals surface area (Å²) < 4.78 is 11.0. The van der Waals surface area contributed by atoms with E-state index in [-0.39, 0.29) is 31.9 Å². The van der Waals surface area contributed by atoms with E-state index in [0.29, 0.717) is 16.9 Å². The first kappa shape index (κ1) is 41.2. The van der Waals surface area contributed by atoms with Crippen LogP contribution in [-0.2, 0) is 38.3 Å². The Morgan fingerprint density at radius 1 is 0.696 bits per heavy atom. The minimum atomic E-state index is -0.130. The summed E-state index contributed by atoms with van der Waals surface area (Å²) in [5.41, 5.74) is 11.2. The molecular weight excluding hydrogens is 868 g/mol. The van der Waals surface area contributed by atoms with Crippen LogP contribution in [0.15, 0.2) is 91.1 Å². The van der Waals surface area contributed by atoms with Crippen LogP contribution in [-0.4, -0.2) is 19.3 Å². The number of aryl methyl sites for hydroxylation is 2. The van der Waals surface area contributed by atoms with Crippen LogP contribution in [0, 0.1) is 31.4 Å². The number of aromatic nitrogens is 4. The smallest absolute Gasteiger partial charge is 0.509 e. The average molecular weight is 924 g/mol. The van der Waals surface area contributed by atoms with E-state index < -0.39 is 0 Å². The number of hydrogen-bond donors (Lipinski definition) is 0. The van der Waals surface area contributed by atoms with E-state index in [0.717, 1.165) is 62.4 Å². The predicted molar refractivity (Wildman–Crippen MR) is 229 cm³/mol. The van der Waals surface area contributed by atoms with Crippen molar-refractivity contribution in [3.8, 4) is 34.1 Å². The van der Waals surface area contributed by atoms with Crippen LogP contribution in [0.1, 0.15) is 110 Å². The molecule has 7 rings (SSSR count). The molecule has 0 unspecified atom stereocenters. The number of rotatable bonds is 9. The third-order valence-electron chi connectivity index (χ3n) is 10.7. The van der Waals surface area contributed by atoms with Gasteiger partial charge in [0.2, 0.25) is 0 Å². The average Bonchev–Trinajstić information content (AvgIpc) is 3.61. The standard InChI is InChI=1S/C50H56N4O.Pt/c1-33-47(36-18-13-12-14-19-36)34(2)54(52-33)39-28-38(50(9,10)11)29-41(31-39)55-40-21-22-42-43-27-35(17-15-16-25-48(3,4)5)20-23-44(43)53(45(42)32-40)46-30-37(24-26-51-46)49(6,7)8;/h12-14,18-24,26-30H,15-17,25H2,1-11H3;/q-2;+2. The van der Waals surface area contributed by atoms with Crippen molar-refractivity contribution in [3.63, 3.8) is 0 Å². The van der Waals surface area contributed by atoms with Gasteiger partial charge in [-0.15, -0.1) is 41.3 Å². The normalized spacial score (nSPS) is 12.3. The largest absolute Gasteiger partial charge is 2.00 e. The first-order chi connectivity index (χ1) is 26.0. The summed E-state index contributed by atoms with van der Waals surface area (Å²) in [6, 6.07) is 37.5. The fourth-order valence-electron chi connectivity index (χ4n) is 7.57. The molecule has 0 N–H and O–H groups in total. The van der Waals surface area contributed by atoms with Crippen molar-refractivity contribution in [1.29, 1.82) is 0 Å². The minimum absolute atomic E-state index is 0. The first-order valence-corrected chi connectivity index (χ1v) is 19.8. The Morgan fingerprint density at radius 3 is 2.12 bits per heavy atom. The fourth-order valence-corrected chi connectivity index (χ4v) is 7.57. The zero-order valence-corrected chi connectivity index (χ0v) is 37.3. The van der Waals surface area contributed by atoms with Crippen molar-refractivity contribution in [2.45, 2.75) is 113 Å². The molecule has 0 aliphatic rings. The molecule has 56 heavy (non-hydrogen) atoms. The van der Waals surface area contributed by atoms with Crippen LogP contribution in [0.2, 0.25) is 0 Å². The molecule has 0 saturated heterocycles. The van der Waals surface area contributed by atoms with Crippen LogP contribution in [0.4, 0.5) is 0 Å². The van der Waals surface area contributed by atoms with Gasteiger partial charge in [0.1, 0.15) is 5.82 Å². The van der Waals surface area contributed by atoms with Crippen molar-refractivity contribution in [2.24, 2.45) is 5.41 Å². The summed E-state index contributed by atoms with van der Waals surface area (Å²) in [7, 11) is 0. The van der Waals surface area contributed by atoms with Gasteiger partial charge in [-0.25, -0.2) is 4.98 Å². The Kier molecular flexibility index (Phi) is 11.6. The van der Waals surface area contributed by atoms with Crippen molar-refractivity contribution in [3.05, 3.63) is 131 Å². The molecular formula is C50H56N4OPt. The number of fused-ring (bicyclic) bond motifs is 3. The van der Waals surface area contributed by atoms with Gasteiger partial charge in [0, 0.05) is 34.5 Å². The van der Waals surface area contributed by atoms with Crippen LogP contribution in [0.3, 0.4) is 0 Å². The Hall–Kier alpha value is -4.47. The molecule has 0 amide bonds. The monoisotopic (exact) mass is 923 g/mol. The molecule has 6 heteroatoms. The number of hydrogen-bond acceptors (Lipinski definition) is 3. The second-order valence-electron chi connectivity index (χ2n) is 18.5. The van der Waals surface area contributed by atoms with Gasteiger partial charge in [0.15, 0.2) is 0 Å². The Balaban J connectivity index is 0.00000532. The molecule has 0 aliphatic carbocycles. The van der Waals surface area contributed by atoms with E-state index in [9.17, 15) is 0 Å². The number of ether oxygens (including phenoxy) is 1. The van der Waals surface area contributed by atoms with Gasteiger partial charge in [-0.1, -0.05) is 117 Å². The summed E-state index contributed by atoms with van der Waals surface area (Å²) in [5, 5.41) is 7.35. The number of pyridine rings is 1. The topological polar surface area (TPSA) is 44.9 Å². The van der Waals surface area contributed by atoms with Gasteiger partial charge in [0.05, 0.1) is 5.69 Å². The first-order valence-electron chi connectivity index (χ1n) is 19.8. The van der Waals surface area contributed by atoms with Gasteiger partial charge in [0.25, 0.3) is 0 Å². The van der Waals surface area contributed by atoms with Gasteiger partial charge >= 0.3 is 21.1 Å². The van der Waals surface area contributed by atoms with Crippen LogP contribution < -0.4 is 4.74 Å². The van der Waals surface area contributed by atoms with Gasteiger partial charge < -0.3 is 9.30 Å². The Bertz CT molecular complexity index is 2490. The predicted octanol–water partition coefficient (Wildman–Crippen LogP) is 13.4.